The van der Waals surface area contributed by atoms with E-state index in [1.807, 2.05) is 0 Å². The maximum Gasteiger partial charge on any atom is 0.217 e. The van der Waals surface area contributed by atoms with Gasteiger partial charge in [-0.05, 0) is 0 Å². The van der Waals surface area contributed by atoms with Crippen molar-refractivity contribution in [1.29, 1.82) is 0 Å². The summed E-state index contributed by atoms with van der Waals surface area (Å²) >= 11 is 0. The fourth-order valence-corrected chi connectivity index (χ4v) is 1.49. The summed E-state index contributed by atoms with van der Waals surface area (Å²) in [4.78, 5) is 15.1. The van der Waals surface area contributed by atoms with Crippen molar-refractivity contribution in [2.24, 2.45) is 0 Å². The van der Waals surface area contributed by atoms with E-state index in [0.717, 1.165) is 0 Å². The molecule has 0 aliphatic carbocycles. The van der Waals surface area contributed by atoms with Gasteiger partial charge >= 0.3 is 0 Å². The summed E-state index contributed by atoms with van der Waals surface area (Å²) in [6.07, 6.45) is 0.928. The molecular formula is C8H9N5O2. The van der Waals surface area contributed by atoms with Crippen molar-refractivity contribution in [2.75, 3.05) is 18.9 Å². The SMILES string of the molecule is Nc1ncnc2nc(C3OCCO3)[nH]c12. The van der Waals surface area contributed by atoms with Crippen molar-refractivity contribution in [3.63, 3.8) is 0 Å². The molecule has 3 N–H and O–H groups in total. The Morgan fingerprint density at radius 3 is 2.87 bits per heavy atom. The van der Waals surface area contributed by atoms with Crippen LogP contribution in [-0.4, -0.2) is 33.1 Å². The van der Waals surface area contributed by atoms with E-state index in [1.54, 1.807) is 0 Å². The van der Waals surface area contributed by atoms with Gasteiger partial charge in [0.25, 0.3) is 0 Å². The number of hydrogen-bond donors (Lipinski definition) is 2. The van der Waals surface area contributed by atoms with Gasteiger partial charge in [-0.2, -0.15) is 0 Å². The lowest BCUT2D eigenvalue weighted by Crippen LogP contribution is -2.00. The lowest BCUT2D eigenvalue weighted by atomic mass is 10.5. The summed E-state index contributed by atoms with van der Waals surface area (Å²) in [5.41, 5.74) is 6.81. The van der Waals surface area contributed by atoms with E-state index in [4.69, 9.17) is 15.2 Å². The first-order valence-corrected chi connectivity index (χ1v) is 4.54. The predicted octanol–water partition coefficient (Wildman–Crippen LogP) is -0.0195. The number of aromatic amines is 1. The van der Waals surface area contributed by atoms with Crippen molar-refractivity contribution in [1.82, 2.24) is 19.9 Å². The van der Waals surface area contributed by atoms with Gasteiger partial charge in [-0.1, -0.05) is 0 Å². The highest BCUT2D eigenvalue weighted by atomic mass is 16.7. The number of anilines is 1. The summed E-state index contributed by atoms with van der Waals surface area (Å²) in [6, 6.07) is 0. The van der Waals surface area contributed by atoms with Crippen LogP contribution in [0.1, 0.15) is 12.1 Å². The number of rotatable bonds is 1. The maximum absolute atomic E-state index is 5.66. The van der Waals surface area contributed by atoms with Crippen LogP contribution in [0.25, 0.3) is 11.2 Å². The lowest BCUT2D eigenvalue weighted by molar-refractivity contribution is -0.0499. The standard InChI is InChI=1S/C8H9N5O2/c9-5-4-6(11-3-10-5)13-7(12-4)8-14-1-2-15-8/h3,8H,1-2H2,(H3,9,10,11,12,13). The van der Waals surface area contributed by atoms with Gasteiger partial charge < -0.3 is 20.2 Å². The molecule has 1 aliphatic heterocycles. The first-order valence-electron chi connectivity index (χ1n) is 4.54. The third-order valence-corrected chi connectivity index (χ3v) is 2.18. The minimum atomic E-state index is -0.446. The molecule has 0 amide bonds. The molecule has 0 unspecified atom stereocenters. The molecule has 7 nitrogen and oxygen atoms in total. The molecule has 0 bridgehead atoms. The van der Waals surface area contributed by atoms with Crippen molar-refractivity contribution >= 4 is 17.0 Å². The molecule has 1 aliphatic rings. The Bertz CT molecular complexity index is 491. The minimum absolute atomic E-state index is 0.372. The smallest absolute Gasteiger partial charge is 0.217 e. The van der Waals surface area contributed by atoms with Crippen LogP contribution in [-0.2, 0) is 9.47 Å². The molecule has 1 fully saturated rings. The van der Waals surface area contributed by atoms with E-state index < -0.39 is 6.29 Å². The average Bonchev–Trinajstić information content (AvgIpc) is 2.86. The van der Waals surface area contributed by atoms with E-state index in [1.165, 1.54) is 6.33 Å². The zero-order chi connectivity index (χ0) is 10.3. The highest BCUT2D eigenvalue weighted by Gasteiger charge is 2.22. The van der Waals surface area contributed by atoms with Gasteiger partial charge in [0, 0.05) is 0 Å². The lowest BCUT2D eigenvalue weighted by Gasteiger charge is -2.03. The monoisotopic (exact) mass is 207 g/mol. The molecule has 78 valence electrons. The molecule has 0 aromatic carbocycles. The number of imidazole rings is 1. The molecule has 2 aromatic heterocycles. The Morgan fingerprint density at radius 2 is 2.13 bits per heavy atom. The van der Waals surface area contributed by atoms with E-state index >= 15 is 0 Å². The second-order valence-electron chi connectivity index (χ2n) is 3.15. The van der Waals surface area contributed by atoms with Crippen LogP contribution >= 0.6 is 0 Å². The predicted molar refractivity (Wildman–Crippen MR) is 50.7 cm³/mol. The number of ether oxygens (including phenoxy) is 2. The zero-order valence-corrected chi connectivity index (χ0v) is 7.80. The van der Waals surface area contributed by atoms with Gasteiger partial charge in [-0.25, -0.2) is 15.0 Å². The van der Waals surface area contributed by atoms with Crippen molar-refractivity contribution < 1.29 is 9.47 Å². The molecule has 3 rings (SSSR count). The molecule has 0 spiro atoms. The Morgan fingerprint density at radius 1 is 1.33 bits per heavy atom. The van der Waals surface area contributed by atoms with Crippen molar-refractivity contribution in [3.8, 4) is 0 Å². The number of nitrogens with two attached hydrogens (primary N) is 1. The van der Waals surface area contributed by atoms with E-state index in [9.17, 15) is 0 Å². The number of H-pyrrole nitrogens is 1. The molecule has 15 heavy (non-hydrogen) atoms. The summed E-state index contributed by atoms with van der Waals surface area (Å²) in [5.74, 6) is 0.950. The number of fused-ring (bicyclic) bond motifs is 1. The van der Waals surface area contributed by atoms with Crippen LogP contribution in [0.2, 0.25) is 0 Å². The van der Waals surface area contributed by atoms with E-state index in [2.05, 4.69) is 19.9 Å². The van der Waals surface area contributed by atoms with Crippen molar-refractivity contribution in [3.05, 3.63) is 12.2 Å². The number of hydrogen-bond acceptors (Lipinski definition) is 6. The van der Waals surface area contributed by atoms with Crippen LogP contribution < -0.4 is 5.73 Å². The minimum Gasteiger partial charge on any atom is -0.382 e. The normalized spacial score (nSPS) is 17.6. The van der Waals surface area contributed by atoms with Gasteiger partial charge in [0.2, 0.25) is 6.29 Å². The van der Waals surface area contributed by atoms with Crippen LogP contribution in [0.15, 0.2) is 6.33 Å². The van der Waals surface area contributed by atoms with Gasteiger partial charge in [0.05, 0.1) is 13.2 Å². The Labute approximate surface area is 84.6 Å². The largest absolute Gasteiger partial charge is 0.382 e. The highest BCUT2D eigenvalue weighted by Crippen LogP contribution is 2.23. The highest BCUT2D eigenvalue weighted by molar-refractivity contribution is 5.80. The van der Waals surface area contributed by atoms with Crippen molar-refractivity contribution in [2.45, 2.75) is 6.29 Å². The summed E-state index contributed by atoms with van der Waals surface area (Å²) < 4.78 is 10.6. The third-order valence-electron chi connectivity index (χ3n) is 2.18. The van der Waals surface area contributed by atoms with Crippen LogP contribution in [0.3, 0.4) is 0 Å². The van der Waals surface area contributed by atoms with Gasteiger partial charge in [0.1, 0.15) is 11.8 Å². The number of nitrogen functional groups attached to an aromatic ring is 1. The molecule has 2 aromatic rings. The average molecular weight is 207 g/mol. The fraction of sp³-hybridized carbons (Fsp3) is 0.375. The van der Waals surface area contributed by atoms with Crippen LogP contribution in [0.5, 0.6) is 0 Å². The summed E-state index contributed by atoms with van der Waals surface area (Å²) in [5, 5.41) is 0. The Hall–Kier alpha value is -1.73. The molecule has 7 heteroatoms. The third kappa shape index (κ3) is 1.32. The van der Waals surface area contributed by atoms with Crippen LogP contribution in [0.4, 0.5) is 5.82 Å². The Balaban J connectivity index is 2.09. The number of nitrogens with one attached hydrogen (secondary N) is 1. The molecule has 0 saturated carbocycles. The van der Waals surface area contributed by atoms with Gasteiger partial charge in [-0.15, -0.1) is 0 Å². The van der Waals surface area contributed by atoms with E-state index in [0.29, 0.717) is 36.0 Å². The van der Waals surface area contributed by atoms with Crippen LogP contribution in [0, 0.1) is 0 Å². The molecular weight excluding hydrogens is 198 g/mol. The first-order chi connectivity index (χ1) is 7.34. The number of nitrogens with zero attached hydrogens (tertiary/aromatic N) is 3. The molecule has 0 atom stereocenters. The van der Waals surface area contributed by atoms with Gasteiger partial charge in [-0.3, -0.25) is 0 Å². The second kappa shape index (κ2) is 3.14. The van der Waals surface area contributed by atoms with E-state index in [-0.39, 0.29) is 0 Å². The molecule has 0 radical (unpaired) electrons. The second-order valence-corrected chi connectivity index (χ2v) is 3.15. The Kier molecular flexibility index (Phi) is 1.79. The summed E-state index contributed by atoms with van der Waals surface area (Å²) in [7, 11) is 0. The quantitative estimate of drug-likeness (QED) is 0.681. The maximum atomic E-state index is 5.66. The first kappa shape index (κ1) is 8.57. The fourth-order valence-electron chi connectivity index (χ4n) is 1.49. The summed E-state index contributed by atoms with van der Waals surface area (Å²) in [6.45, 7) is 1.14. The molecule has 3 heterocycles. The number of aromatic nitrogens is 4. The molecule has 1 saturated heterocycles. The topological polar surface area (TPSA) is 98.9 Å². The van der Waals surface area contributed by atoms with Gasteiger partial charge in [0.15, 0.2) is 17.3 Å². The zero-order valence-electron chi connectivity index (χ0n) is 7.80.